The van der Waals surface area contributed by atoms with Crippen LogP contribution in [0.5, 0.6) is 0 Å². The van der Waals surface area contributed by atoms with E-state index in [1.807, 2.05) is 21.6 Å². The zero-order valence-corrected chi connectivity index (χ0v) is 12.9. The zero-order chi connectivity index (χ0) is 14.5. The molecular formula is C14H22N2O3S. The van der Waals surface area contributed by atoms with Crippen molar-refractivity contribution in [3.8, 4) is 0 Å². The minimum atomic E-state index is -0.746. The Hall–Kier alpha value is -0.910. The van der Waals surface area contributed by atoms with Crippen LogP contribution in [-0.4, -0.2) is 62.6 Å². The maximum absolute atomic E-state index is 12.8. The Bertz CT molecular complexity index is 440. The highest BCUT2D eigenvalue weighted by molar-refractivity contribution is 8.00. The van der Waals surface area contributed by atoms with Crippen molar-refractivity contribution in [1.29, 1.82) is 0 Å². The summed E-state index contributed by atoms with van der Waals surface area (Å²) in [4.78, 5) is 27.9. The number of amides is 2. The van der Waals surface area contributed by atoms with Crippen LogP contribution >= 0.6 is 11.8 Å². The van der Waals surface area contributed by atoms with Crippen molar-refractivity contribution in [2.45, 2.75) is 49.9 Å². The summed E-state index contributed by atoms with van der Waals surface area (Å²) < 4.78 is 0.0961. The molecule has 0 radical (unpaired) electrons. The third-order valence-electron chi connectivity index (χ3n) is 4.77. The fourth-order valence-corrected chi connectivity index (χ4v) is 5.01. The lowest BCUT2D eigenvalue weighted by Crippen LogP contribution is -2.53. The first-order valence-corrected chi connectivity index (χ1v) is 8.31. The van der Waals surface area contributed by atoms with E-state index in [9.17, 15) is 14.7 Å². The summed E-state index contributed by atoms with van der Waals surface area (Å²) in [6.45, 7) is 5.86. The van der Waals surface area contributed by atoms with Gasteiger partial charge in [-0.3, -0.25) is 4.79 Å². The Kier molecular flexibility index (Phi) is 3.39. The molecule has 0 spiro atoms. The number of rotatable bonds is 1. The summed E-state index contributed by atoms with van der Waals surface area (Å²) in [5, 5.41) is 9.27. The summed E-state index contributed by atoms with van der Waals surface area (Å²) in [6.07, 6.45) is 2.45. The summed E-state index contributed by atoms with van der Waals surface area (Å²) in [7, 11) is 0. The van der Waals surface area contributed by atoms with E-state index in [4.69, 9.17) is 0 Å². The van der Waals surface area contributed by atoms with Crippen molar-refractivity contribution in [3.63, 3.8) is 0 Å². The molecule has 5 nitrogen and oxygen atoms in total. The maximum Gasteiger partial charge on any atom is 0.320 e. The van der Waals surface area contributed by atoms with E-state index < -0.39 is 5.97 Å². The Morgan fingerprint density at radius 3 is 2.65 bits per heavy atom. The van der Waals surface area contributed by atoms with E-state index in [0.29, 0.717) is 6.42 Å². The van der Waals surface area contributed by atoms with Crippen LogP contribution in [0.1, 0.15) is 33.1 Å². The molecular weight excluding hydrogens is 276 g/mol. The highest BCUT2D eigenvalue weighted by Gasteiger charge is 2.52. The molecule has 1 N–H and O–H groups in total. The topological polar surface area (TPSA) is 60.9 Å². The molecule has 3 aliphatic rings. The van der Waals surface area contributed by atoms with Gasteiger partial charge in [0, 0.05) is 35.7 Å². The van der Waals surface area contributed by atoms with Crippen LogP contribution in [0.25, 0.3) is 0 Å². The number of fused-ring (bicyclic) bond motifs is 2. The summed E-state index contributed by atoms with van der Waals surface area (Å²) in [6, 6.07) is 0.128. The van der Waals surface area contributed by atoms with Gasteiger partial charge in [0.15, 0.2) is 0 Å². The number of urea groups is 1. The van der Waals surface area contributed by atoms with Crippen molar-refractivity contribution < 1.29 is 14.7 Å². The van der Waals surface area contributed by atoms with Crippen LogP contribution in [0.3, 0.4) is 0 Å². The lowest BCUT2D eigenvalue weighted by molar-refractivity contribution is -0.142. The Morgan fingerprint density at radius 2 is 2.05 bits per heavy atom. The smallest absolute Gasteiger partial charge is 0.320 e. The Morgan fingerprint density at radius 1 is 1.30 bits per heavy atom. The highest BCUT2D eigenvalue weighted by Crippen LogP contribution is 2.43. The van der Waals surface area contributed by atoms with Gasteiger partial charge in [-0.2, -0.15) is 11.8 Å². The second-order valence-electron chi connectivity index (χ2n) is 6.70. The number of hydrogen-bond donors (Lipinski definition) is 1. The van der Waals surface area contributed by atoms with Crippen molar-refractivity contribution in [2.24, 2.45) is 5.92 Å². The predicted octanol–water partition coefficient (Wildman–Crippen LogP) is 1.87. The van der Waals surface area contributed by atoms with E-state index in [0.717, 1.165) is 31.7 Å². The molecule has 6 heteroatoms. The molecule has 3 fully saturated rings. The second-order valence-corrected chi connectivity index (χ2v) is 8.50. The van der Waals surface area contributed by atoms with Gasteiger partial charge in [0.05, 0.1) is 5.92 Å². The number of carboxylic acid groups (broad SMARTS) is 1. The second kappa shape index (κ2) is 4.83. The van der Waals surface area contributed by atoms with Gasteiger partial charge < -0.3 is 14.9 Å². The number of nitrogens with zero attached hydrogens (tertiary/aromatic N) is 2. The minimum absolute atomic E-state index is 0.0645. The van der Waals surface area contributed by atoms with E-state index in [2.05, 4.69) is 13.8 Å². The van der Waals surface area contributed by atoms with Crippen molar-refractivity contribution in [2.75, 3.05) is 18.8 Å². The van der Waals surface area contributed by atoms with Gasteiger partial charge in [-0.05, 0) is 33.1 Å². The molecule has 3 saturated heterocycles. The van der Waals surface area contributed by atoms with Crippen LogP contribution in [0.15, 0.2) is 0 Å². The Balaban J connectivity index is 1.73. The third-order valence-corrected chi connectivity index (χ3v) is 6.07. The molecule has 0 aromatic heterocycles. The molecule has 3 aliphatic heterocycles. The normalized spacial score (nSPS) is 35.4. The van der Waals surface area contributed by atoms with Crippen molar-refractivity contribution >= 4 is 23.8 Å². The third kappa shape index (κ3) is 2.28. The molecule has 112 valence electrons. The van der Waals surface area contributed by atoms with Gasteiger partial charge >= 0.3 is 12.0 Å². The van der Waals surface area contributed by atoms with Gasteiger partial charge in [0.25, 0.3) is 0 Å². The quantitative estimate of drug-likeness (QED) is 0.803. The van der Waals surface area contributed by atoms with E-state index >= 15 is 0 Å². The number of thioether (sulfide) groups is 1. The Labute approximate surface area is 123 Å². The summed E-state index contributed by atoms with van der Waals surface area (Å²) in [5.41, 5.74) is 0. The standard InChI is InChI=1S/C14H22N2O3S/c1-14(2)8-15(5-6-20-14)13(19)16-9-3-4-11(16)10(7-9)12(17)18/h9-11H,3-8H2,1-2H3,(H,17,18). The van der Waals surface area contributed by atoms with Crippen LogP contribution in [0.4, 0.5) is 4.79 Å². The predicted molar refractivity (Wildman–Crippen MR) is 77.9 cm³/mol. The molecule has 3 atom stereocenters. The van der Waals surface area contributed by atoms with Crippen LogP contribution in [0, 0.1) is 5.92 Å². The highest BCUT2D eigenvalue weighted by atomic mass is 32.2. The largest absolute Gasteiger partial charge is 0.481 e. The van der Waals surface area contributed by atoms with Crippen LogP contribution in [0.2, 0.25) is 0 Å². The van der Waals surface area contributed by atoms with E-state index in [1.165, 1.54) is 0 Å². The van der Waals surface area contributed by atoms with Crippen molar-refractivity contribution in [3.05, 3.63) is 0 Å². The average molecular weight is 298 g/mol. The monoisotopic (exact) mass is 298 g/mol. The molecule has 0 aromatic rings. The fraction of sp³-hybridized carbons (Fsp3) is 0.857. The van der Waals surface area contributed by atoms with Gasteiger partial charge in [0.2, 0.25) is 0 Å². The molecule has 3 unspecified atom stereocenters. The van der Waals surface area contributed by atoms with E-state index in [1.54, 1.807) is 0 Å². The number of carbonyl (C=O) groups excluding carboxylic acids is 1. The SMILES string of the molecule is CC1(C)CN(C(=O)N2C3CCC2C(C(=O)O)C3)CCS1. The molecule has 3 rings (SSSR count). The lowest BCUT2D eigenvalue weighted by Gasteiger charge is -2.40. The van der Waals surface area contributed by atoms with Crippen LogP contribution in [-0.2, 0) is 4.79 Å². The van der Waals surface area contributed by atoms with Gasteiger partial charge in [-0.1, -0.05) is 0 Å². The first-order valence-electron chi connectivity index (χ1n) is 7.33. The molecule has 20 heavy (non-hydrogen) atoms. The van der Waals surface area contributed by atoms with Gasteiger partial charge in [-0.15, -0.1) is 0 Å². The molecule has 0 aliphatic carbocycles. The molecule has 0 aromatic carbocycles. The van der Waals surface area contributed by atoms with Crippen LogP contribution < -0.4 is 0 Å². The van der Waals surface area contributed by atoms with Gasteiger partial charge in [-0.25, -0.2) is 4.79 Å². The fourth-order valence-electron chi connectivity index (χ4n) is 3.90. The summed E-state index contributed by atoms with van der Waals surface area (Å²) >= 11 is 1.90. The molecule has 0 saturated carbocycles. The lowest BCUT2D eigenvalue weighted by atomic mass is 9.89. The first-order chi connectivity index (χ1) is 9.39. The zero-order valence-electron chi connectivity index (χ0n) is 12.0. The molecule has 2 bridgehead atoms. The number of hydrogen-bond acceptors (Lipinski definition) is 3. The van der Waals surface area contributed by atoms with E-state index in [-0.39, 0.29) is 28.8 Å². The van der Waals surface area contributed by atoms with Gasteiger partial charge in [0.1, 0.15) is 0 Å². The molecule has 3 heterocycles. The number of carboxylic acids is 1. The number of carbonyl (C=O) groups is 2. The van der Waals surface area contributed by atoms with Crippen molar-refractivity contribution in [1.82, 2.24) is 9.80 Å². The average Bonchev–Trinajstić information content (AvgIpc) is 2.94. The number of aliphatic carboxylic acids is 1. The summed E-state index contributed by atoms with van der Waals surface area (Å²) in [5.74, 6) is -0.140. The minimum Gasteiger partial charge on any atom is -0.481 e. The maximum atomic E-state index is 12.8. The first kappa shape index (κ1) is 14.0. The molecule has 2 amide bonds.